The van der Waals surface area contributed by atoms with Crippen molar-refractivity contribution in [3.05, 3.63) is 83.4 Å². The van der Waals surface area contributed by atoms with Crippen LogP contribution in [0.25, 0.3) is 10.8 Å². The molecule has 1 saturated carbocycles. The number of pyridine rings is 1. The molecule has 1 aliphatic rings. The van der Waals surface area contributed by atoms with Crippen molar-refractivity contribution in [2.24, 2.45) is 11.7 Å². The minimum absolute atomic E-state index is 0.174. The molecular formula is C26H27N7O2. The van der Waals surface area contributed by atoms with Gasteiger partial charge in [-0.1, -0.05) is 42.0 Å². The summed E-state index contributed by atoms with van der Waals surface area (Å²) in [5.41, 5.74) is 8.39. The van der Waals surface area contributed by atoms with E-state index in [9.17, 15) is 9.59 Å². The first-order valence-electron chi connectivity index (χ1n) is 11.8. The molecule has 35 heavy (non-hydrogen) atoms. The van der Waals surface area contributed by atoms with Gasteiger partial charge in [-0.15, -0.1) is 5.10 Å². The van der Waals surface area contributed by atoms with Gasteiger partial charge in [-0.3, -0.25) is 9.59 Å². The molecule has 5 rings (SSSR count). The standard InChI is InChI=1S/C26H27N7O2/c27-14-19-9-11-23(24(30-19)26(35)28-15-17-4-3-5-17)31-25(34)22-10-8-18(16-33-13-12-29-32-33)20-6-1-2-7-21(20)22/h1-2,6-13,17H,3-5,14-16,27H2,(H,28,35)(H,31,34). The Labute approximate surface area is 202 Å². The maximum absolute atomic E-state index is 13.4. The highest BCUT2D eigenvalue weighted by atomic mass is 16.2. The van der Waals surface area contributed by atoms with Gasteiger partial charge in [0.25, 0.3) is 11.8 Å². The van der Waals surface area contributed by atoms with Crippen molar-refractivity contribution in [3.8, 4) is 0 Å². The van der Waals surface area contributed by atoms with Crippen LogP contribution in [0.2, 0.25) is 0 Å². The van der Waals surface area contributed by atoms with Gasteiger partial charge in [0.2, 0.25) is 0 Å². The van der Waals surface area contributed by atoms with E-state index in [0.29, 0.717) is 36.0 Å². The molecule has 0 bridgehead atoms. The zero-order valence-electron chi connectivity index (χ0n) is 19.3. The maximum atomic E-state index is 13.4. The molecule has 2 aromatic carbocycles. The number of benzene rings is 2. The van der Waals surface area contributed by atoms with Crippen molar-refractivity contribution in [2.75, 3.05) is 11.9 Å². The van der Waals surface area contributed by atoms with Crippen molar-refractivity contribution in [3.63, 3.8) is 0 Å². The molecule has 0 spiro atoms. The summed E-state index contributed by atoms with van der Waals surface area (Å²) in [6, 6.07) is 14.9. The molecule has 178 valence electrons. The van der Waals surface area contributed by atoms with Crippen LogP contribution < -0.4 is 16.4 Å². The quantitative estimate of drug-likeness (QED) is 0.364. The average Bonchev–Trinajstić information content (AvgIpc) is 3.36. The molecule has 0 saturated heterocycles. The Morgan fingerprint density at radius 1 is 1.03 bits per heavy atom. The summed E-state index contributed by atoms with van der Waals surface area (Å²) in [5.74, 6) is -0.114. The first-order chi connectivity index (χ1) is 17.1. The van der Waals surface area contributed by atoms with Crippen LogP contribution in [-0.4, -0.2) is 38.3 Å². The maximum Gasteiger partial charge on any atom is 0.272 e. The fourth-order valence-corrected chi connectivity index (χ4v) is 4.28. The Bertz CT molecular complexity index is 1360. The molecule has 4 N–H and O–H groups in total. The second-order valence-corrected chi connectivity index (χ2v) is 8.78. The summed E-state index contributed by atoms with van der Waals surface area (Å²) in [6.07, 6.45) is 6.88. The second kappa shape index (κ2) is 10.0. The molecule has 1 aliphatic carbocycles. The normalized spacial score (nSPS) is 13.4. The lowest BCUT2D eigenvalue weighted by molar-refractivity contribution is 0.0935. The number of nitrogens with one attached hydrogen (secondary N) is 2. The van der Waals surface area contributed by atoms with Gasteiger partial charge >= 0.3 is 0 Å². The highest BCUT2D eigenvalue weighted by Gasteiger charge is 2.22. The highest BCUT2D eigenvalue weighted by molar-refractivity contribution is 6.15. The van der Waals surface area contributed by atoms with Crippen LogP contribution in [0.15, 0.2) is 60.9 Å². The molecule has 0 aliphatic heterocycles. The molecule has 9 nitrogen and oxygen atoms in total. The predicted molar refractivity (Wildman–Crippen MR) is 133 cm³/mol. The van der Waals surface area contributed by atoms with E-state index in [1.54, 1.807) is 35.3 Å². The van der Waals surface area contributed by atoms with E-state index in [-0.39, 0.29) is 24.1 Å². The van der Waals surface area contributed by atoms with Gasteiger partial charge in [-0.2, -0.15) is 0 Å². The number of fused-ring (bicyclic) bond motifs is 1. The second-order valence-electron chi connectivity index (χ2n) is 8.78. The third kappa shape index (κ3) is 4.90. The van der Waals surface area contributed by atoms with Crippen molar-refractivity contribution >= 4 is 28.3 Å². The molecule has 2 aromatic heterocycles. The zero-order chi connectivity index (χ0) is 24.2. The summed E-state index contributed by atoms with van der Waals surface area (Å²) in [4.78, 5) is 30.7. The van der Waals surface area contributed by atoms with E-state index in [1.807, 2.05) is 30.3 Å². The van der Waals surface area contributed by atoms with Crippen LogP contribution in [0.1, 0.15) is 51.4 Å². The number of amides is 2. The van der Waals surface area contributed by atoms with Crippen LogP contribution in [0.3, 0.4) is 0 Å². The summed E-state index contributed by atoms with van der Waals surface area (Å²) in [7, 11) is 0. The van der Waals surface area contributed by atoms with Crippen LogP contribution in [0, 0.1) is 5.92 Å². The Kier molecular flexibility index (Phi) is 6.49. The lowest BCUT2D eigenvalue weighted by atomic mass is 9.85. The largest absolute Gasteiger partial charge is 0.350 e. The third-order valence-electron chi connectivity index (χ3n) is 6.46. The van der Waals surface area contributed by atoms with E-state index in [1.165, 1.54) is 6.42 Å². The van der Waals surface area contributed by atoms with Crippen molar-refractivity contribution in [1.29, 1.82) is 0 Å². The van der Waals surface area contributed by atoms with Gasteiger partial charge in [0.05, 0.1) is 24.1 Å². The van der Waals surface area contributed by atoms with Gasteiger partial charge in [0.15, 0.2) is 5.69 Å². The molecule has 1 fully saturated rings. The number of carbonyl (C=O) groups is 2. The summed E-state index contributed by atoms with van der Waals surface area (Å²) in [5, 5.41) is 15.5. The van der Waals surface area contributed by atoms with Crippen molar-refractivity contribution < 1.29 is 9.59 Å². The number of nitrogens with zero attached hydrogens (tertiary/aromatic N) is 4. The Morgan fingerprint density at radius 2 is 1.86 bits per heavy atom. The van der Waals surface area contributed by atoms with E-state index >= 15 is 0 Å². The average molecular weight is 470 g/mol. The minimum Gasteiger partial charge on any atom is -0.350 e. The Morgan fingerprint density at radius 3 is 2.57 bits per heavy atom. The molecular weight excluding hydrogens is 442 g/mol. The van der Waals surface area contributed by atoms with Crippen molar-refractivity contribution in [2.45, 2.75) is 32.4 Å². The van der Waals surface area contributed by atoms with E-state index in [0.717, 1.165) is 29.2 Å². The summed E-state index contributed by atoms with van der Waals surface area (Å²) >= 11 is 0. The Hall–Kier alpha value is -4.11. The first-order valence-corrected chi connectivity index (χ1v) is 11.8. The fraction of sp³-hybridized carbons (Fsp3) is 0.269. The molecule has 9 heteroatoms. The van der Waals surface area contributed by atoms with E-state index < -0.39 is 0 Å². The van der Waals surface area contributed by atoms with E-state index in [4.69, 9.17) is 5.73 Å². The monoisotopic (exact) mass is 469 g/mol. The lowest BCUT2D eigenvalue weighted by Crippen LogP contribution is -2.33. The molecule has 2 heterocycles. The van der Waals surface area contributed by atoms with Crippen LogP contribution in [0.4, 0.5) is 5.69 Å². The van der Waals surface area contributed by atoms with Crippen LogP contribution in [-0.2, 0) is 13.1 Å². The first kappa shape index (κ1) is 22.7. The predicted octanol–water partition coefficient (Wildman–Crippen LogP) is 3.12. The number of anilines is 1. The SMILES string of the molecule is NCc1ccc(NC(=O)c2ccc(Cn3ccnn3)c3ccccc23)c(C(=O)NCC2CCC2)n1. The van der Waals surface area contributed by atoms with Gasteiger partial charge < -0.3 is 16.4 Å². The fourth-order valence-electron chi connectivity index (χ4n) is 4.28. The number of nitrogens with two attached hydrogens (primary N) is 1. The topological polar surface area (TPSA) is 128 Å². The summed E-state index contributed by atoms with van der Waals surface area (Å²) < 4.78 is 1.74. The van der Waals surface area contributed by atoms with Crippen molar-refractivity contribution in [1.82, 2.24) is 25.3 Å². The number of rotatable bonds is 8. The zero-order valence-corrected chi connectivity index (χ0v) is 19.3. The molecule has 4 aromatic rings. The number of aromatic nitrogens is 4. The Balaban J connectivity index is 1.42. The van der Waals surface area contributed by atoms with E-state index in [2.05, 4.69) is 25.9 Å². The number of carbonyl (C=O) groups excluding carboxylic acids is 2. The third-order valence-corrected chi connectivity index (χ3v) is 6.46. The highest BCUT2D eigenvalue weighted by Crippen LogP contribution is 2.27. The molecule has 0 unspecified atom stereocenters. The van der Waals surface area contributed by atoms with Gasteiger partial charge in [-0.25, -0.2) is 9.67 Å². The lowest BCUT2D eigenvalue weighted by Gasteiger charge is -2.25. The van der Waals surface area contributed by atoms with Crippen LogP contribution >= 0.6 is 0 Å². The smallest absolute Gasteiger partial charge is 0.272 e. The minimum atomic E-state index is -0.316. The molecule has 2 amide bonds. The van der Waals surface area contributed by atoms with Gasteiger partial charge in [-0.05, 0) is 53.3 Å². The number of hydrogen-bond acceptors (Lipinski definition) is 6. The van der Waals surface area contributed by atoms with Gasteiger partial charge in [0, 0.05) is 24.8 Å². The van der Waals surface area contributed by atoms with Crippen LogP contribution in [0.5, 0.6) is 0 Å². The molecule has 0 atom stereocenters. The molecule has 0 radical (unpaired) electrons. The summed E-state index contributed by atoms with van der Waals surface area (Å²) in [6.45, 7) is 1.35. The number of hydrogen-bond donors (Lipinski definition) is 3. The van der Waals surface area contributed by atoms with Gasteiger partial charge in [0.1, 0.15) is 0 Å².